The Morgan fingerprint density at radius 1 is 1.00 bits per heavy atom. The molecule has 1 spiro atoms. The molecule has 4 aliphatic rings. The van der Waals surface area contributed by atoms with Crippen molar-refractivity contribution in [3.63, 3.8) is 0 Å². The Morgan fingerprint density at radius 3 is 2.41 bits per heavy atom. The highest BCUT2D eigenvalue weighted by molar-refractivity contribution is 5.30. The second-order valence-electron chi connectivity index (χ2n) is 7.85. The van der Waals surface area contributed by atoms with Crippen LogP contribution in [0.25, 0.3) is 0 Å². The highest BCUT2D eigenvalue weighted by Gasteiger charge is 2.81. The predicted molar refractivity (Wildman–Crippen MR) is 69.3 cm³/mol. The summed E-state index contributed by atoms with van der Waals surface area (Å²) < 4.78 is 0. The first-order valence-corrected chi connectivity index (χ1v) is 7.51. The number of rotatable bonds is 2. The van der Waals surface area contributed by atoms with Crippen molar-refractivity contribution in [2.24, 2.45) is 45.5 Å². The summed E-state index contributed by atoms with van der Waals surface area (Å²) >= 11 is 0. The van der Waals surface area contributed by atoms with E-state index in [1.807, 2.05) is 0 Å². The summed E-state index contributed by atoms with van der Waals surface area (Å²) in [6, 6.07) is 0. The Bertz CT molecular complexity index is 364. The quantitative estimate of drug-likeness (QED) is 0.769. The van der Waals surface area contributed by atoms with Crippen molar-refractivity contribution in [3.05, 3.63) is 0 Å². The molecule has 17 heavy (non-hydrogen) atoms. The summed E-state index contributed by atoms with van der Waals surface area (Å²) in [5.74, 6) is 2.97. The van der Waals surface area contributed by atoms with Gasteiger partial charge >= 0.3 is 0 Å². The third kappa shape index (κ3) is 0.986. The fourth-order valence-corrected chi connectivity index (χ4v) is 6.36. The van der Waals surface area contributed by atoms with Gasteiger partial charge in [-0.2, -0.15) is 0 Å². The van der Waals surface area contributed by atoms with E-state index >= 15 is 0 Å². The number of hydrogen-bond donors (Lipinski definition) is 2. The van der Waals surface area contributed by atoms with Gasteiger partial charge in [-0.05, 0) is 85.6 Å². The zero-order valence-corrected chi connectivity index (χ0v) is 11.0. The Hall–Kier alpha value is -0.0800. The molecule has 0 bridgehead atoms. The molecule has 0 heterocycles. The average Bonchev–Trinajstić information content (AvgIpc) is 3.06. The fraction of sp³-hybridized carbons (Fsp3) is 1.00. The molecule has 4 fully saturated rings. The van der Waals surface area contributed by atoms with Gasteiger partial charge in [0.25, 0.3) is 0 Å². The first kappa shape index (κ1) is 10.8. The van der Waals surface area contributed by atoms with Crippen LogP contribution in [0.4, 0.5) is 0 Å². The summed E-state index contributed by atoms with van der Waals surface area (Å²) in [7, 11) is 0. The molecule has 2 nitrogen and oxygen atoms in total. The van der Waals surface area contributed by atoms with Crippen LogP contribution in [0.5, 0.6) is 0 Å². The molecule has 0 radical (unpaired) electrons. The highest BCUT2D eigenvalue weighted by Crippen LogP contribution is 2.87. The minimum atomic E-state index is 0.435. The Labute approximate surface area is 105 Å². The van der Waals surface area contributed by atoms with E-state index in [9.17, 15) is 0 Å². The summed E-state index contributed by atoms with van der Waals surface area (Å²) in [4.78, 5) is 0. The highest BCUT2D eigenvalue weighted by atomic mass is 14.9. The third-order valence-electron chi connectivity index (χ3n) is 7.53. The number of hydrogen-bond acceptors (Lipinski definition) is 2. The van der Waals surface area contributed by atoms with E-state index in [2.05, 4.69) is 6.92 Å². The van der Waals surface area contributed by atoms with Crippen molar-refractivity contribution < 1.29 is 0 Å². The summed E-state index contributed by atoms with van der Waals surface area (Å²) in [6.07, 6.45) is 8.57. The second-order valence-corrected chi connectivity index (χ2v) is 7.85. The molecular weight excluding hydrogens is 208 g/mol. The predicted octanol–water partition coefficient (Wildman–Crippen LogP) is 2.13. The molecule has 4 saturated carbocycles. The normalized spacial score (nSPS) is 63.4. The minimum absolute atomic E-state index is 0.435. The lowest BCUT2D eigenvalue weighted by molar-refractivity contribution is -0.0470. The molecule has 2 heteroatoms. The maximum Gasteiger partial charge on any atom is -0.00123 e. The molecule has 6 atom stereocenters. The van der Waals surface area contributed by atoms with Gasteiger partial charge in [0.15, 0.2) is 0 Å². The minimum Gasteiger partial charge on any atom is -0.330 e. The van der Waals surface area contributed by atoms with Crippen LogP contribution in [0.3, 0.4) is 0 Å². The first-order valence-electron chi connectivity index (χ1n) is 7.51. The van der Waals surface area contributed by atoms with Crippen LogP contribution in [0, 0.1) is 34.0 Å². The van der Waals surface area contributed by atoms with Crippen molar-refractivity contribution >= 4 is 0 Å². The largest absolute Gasteiger partial charge is 0.330 e. The van der Waals surface area contributed by atoms with Crippen molar-refractivity contribution in [3.8, 4) is 0 Å². The molecule has 0 aliphatic heterocycles. The molecule has 0 aromatic carbocycles. The summed E-state index contributed by atoms with van der Waals surface area (Å²) in [5.41, 5.74) is 14.0. The molecule has 0 amide bonds. The van der Waals surface area contributed by atoms with Crippen molar-refractivity contribution in [1.82, 2.24) is 0 Å². The molecule has 4 N–H and O–H groups in total. The smallest absolute Gasteiger partial charge is 0.00123 e. The SMILES string of the molecule is CC1(CN)CCC2C(C1)C1CC13CCC23CN. The zero-order valence-electron chi connectivity index (χ0n) is 11.0. The molecule has 6 unspecified atom stereocenters. The van der Waals surface area contributed by atoms with Crippen LogP contribution in [0.2, 0.25) is 0 Å². The van der Waals surface area contributed by atoms with Gasteiger partial charge in [-0.3, -0.25) is 0 Å². The van der Waals surface area contributed by atoms with Gasteiger partial charge in [-0.1, -0.05) is 6.92 Å². The Kier molecular flexibility index (Phi) is 1.85. The van der Waals surface area contributed by atoms with Crippen molar-refractivity contribution in [2.75, 3.05) is 13.1 Å². The Morgan fingerprint density at radius 2 is 1.82 bits per heavy atom. The van der Waals surface area contributed by atoms with Crippen LogP contribution in [-0.4, -0.2) is 13.1 Å². The summed E-state index contributed by atoms with van der Waals surface area (Å²) in [6.45, 7) is 4.25. The fourth-order valence-electron chi connectivity index (χ4n) is 6.36. The van der Waals surface area contributed by atoms with Crippen molar-refractivity contribution in [2.45, 2.75) is 45.4 Å². The van der Waals surface area contributed by atoms with Crippen LogP contribution in [-0.2, 0) is 0 Å². The molecule has 4 aliphatic carbocycles. The maximum atomic E-state index is 6.20. The van der Waals surface area contributed by atoms with E-state index in [0.717, 1.165) is 36.3 Å². The topological polar surface area (TPSA) is 52.0 Å². The lowest BCUT2D eigenvalue weighted by atomic mass is 9.50. The van der Waals surface area contributed by atoms with Crippen LogP contribution in [0.15, 0.2) is 0 Å². The average molecular weight is 234 g/mol. The van der Waals surface area contributed by atoms with Gasteiger partial charge in [-0.15, -0.1) is 0 Å². The van der Waals surface area contributed by atoms with E-state index in [1.165, 1.54) is 38.5 Å². The first-order chi connectivity index (χ1) is 8.11. The van der Waals surface area contributed by atoms with Gasteiger partial charge in [0.2, 0.25) is 0 Å². The Balaban J connectivity index is 1.67. The number of nitrogens with two attached hydrogens (primary N) is 2. The molecule has 96 valence electrons. The lowest BCUT2D eigenvalue weighted by Gasteiger charge is -2.55. The van der Waals surface area contributed by atoms with Crippen LogP contribution in [0.1, 0.15) is 45.4 Å². The van der Waals surface area contributed by atoms with Crippen LogP contribution >= 0.6 is 0 Å². The molecule has 4 rings (SSSR count). The summed E-state index contributed by atoms with van der Waals surface area (Å²) in [5, 5.41) is 0. The van der Waals surface area contributed by atoms with E-state index in [-0.39, 0.29) is 0 Å². The van der Waals surface area contributed by atoms with Crippen LogP contribution < -0.4 is 11.5 Å². The molecule has 0 aromatic heterocycles. The van der Waals surface area contributed by atoms with E-state index in [1.54, 1.807) is 0 Å². The maximum absolute atomic E-state index is 6.20. The number of fused-ring (bicyclic) bond motifs is 3. The third-order valence-corrected chi connectivity index (χ3v) is 7.53. The van der Waals surface area contributed by atoms with E-state index in [0.29, 0.717) is 10.8 Å². The lowest BCUT2D eigenvalue weighted by Crippen LogP contribution is -2.52. The molecular formula is C15H26N2. The van der Waals surface area contributed by atoms with Crippen molar-refractivity contribution in [1.29, 1.82) is 0 Å². The van der Waals surface area contributed by atoms with E-state index in [4.69, 9.17) is 11.5 Å². The molecule has 0 saturated heterocycles. The van der Waals surface area contributed by atoms with Gasteiger partial charge in [0.1, 0.15) is 0 Å². The van der Waals surface area contributed by atoms with E-state index < -0.39 is 0 Å². The van der Waals surface area contributed by atoms with Gasteiger partial charge in [0.05, 0.1) is 0 Å². The monoisotopic (exact) mass is 234 g/mol. The van der Waals surface area contributed by atoms with Gasteiger partial charge in [-0.25, -0.2) is 0 Å². The zero-order chi connectivity index (χ0) is 11.9. The standard InChI is InChI=1S/C15H26N2/c1-13(8-16)3-2-11-10(6-13)12-7-14(12)4-5-15(11,14)9-17/h10-12H,2-9,16-17H2,1H3. The van der Waals surface area contributed by atoms with Gasteiger partial charge in [0, 0.05) is 0 Å². The second kappa shape index (κ2) is 2.91. The molecule has 0 aromatic rings. The van der Waals surface area contributed by atoms with Gasteiger partial charge < -0.3 is 11.5 Å².